The first kappa shape index (κ1) is 11.0. The topological polar surface area (TPSA) is 55.6 Å². The first-order chi connectivity index (χ1) is 7.70. The van der Waals surface area contributed by atoms with Gasteiger partial charge in [0.05, 0.1) is 18.3 Å². The molecule has 0 aromatic heterocycles. The van der Waals surface area contributed by atoms with Crippen LogP contribution in [0.3, 0.4) is 0 Å². The lowest BCUT2D eigenvalue weighted by molar-refractivity contribution is -0.119. The van der Waals surface area contributed by atoms with Crippen molar-refractivity contribution in [3.8, 4) is 5.75 Å². The summed E-state index contributed by atoms with van der Waals surface area (Å²) in [7, 11) is 0. The van der Waals surface area contributed by atoms with Crippen LogP contribution < -0.4 is 15.4 Å². The van der Waals surface area contributed by atoms with Crippen LogP contribution in [0.1, 0.15) is 13.3 Å². The number of hydrogen-bond donors (Lipinski definition) is 1. The lowest BCUT2D eigenvalue weighted by atomic mass is 10.2. The summed E-state index contributed by atoms with van der Waals surface area (Å²) in [6.45, 7) is 3.01. The van der Waals surface area contributed by atoms with Crippen molar-refractivity contribution in [3.05, 3.63) is 24.3 Å². The largest absolute Gasteiger partial charge is 0.491 e. The van der Waals surface area contributed by atoms with Crippen molar-refractivity contribution in [2.75, 3.05) is 18.1 Å². The fourth-order valence-corrected chi connectivity index (χ4v) is 1.80. The van der Waals surface area contributed by atoms with Gasteiger partial charge in [-0.25, -0.2) is 0 Å². The summed E-state index contributed by atoms with van der Waals surface area (Å²) in [5.74, 6) is 0.701. The van der Waals surface area contributed by atoms with E-state index in [1.54, 1.807) is 11.8 Å². The number of hydrogen-bond acceptors (Lipinski definition) is 3. The maximum Gasteiger partial charge on any atom is 0.243 e. The van der Waals surface area contributed by atoms with Crippen LogP contribution in [0.5, 0.6) is 5.75 Å². The van der Waals surface area contributed by atoms with Crippen molar-refractivity contribution in [2.45, 2.75) is 19.4 Å². The molecule has 1 heterocycles. The van der Waals surface area contributed by atoms with E-state index in [0.717, 1.165) is 17.9 Å². The number of benzene rings is 1. The van der Waals surface area contributed by atoms with Crippen LogP contribution in [0.15, 0.2) is 24.3 Å². The summed E-state index contributed by atoms with van der Waals surface area (Å²) in [6.07, 6.45) is 0.827. The molecule has 0 bridgehead atoms. The van der Waals surface area contributed by atoms with Gasteiger partial charge in [0.15, 0.2) is 0 Å². The Labute approximate surface area is 95.0 Å². The molecule has 86 valence electrons. The number of nitrogens with zero attached hydrogens (tertiary/aromatic N) is 1. The highest BCUT2D eigenvalue weighted by Crippen LogP contribution is 2.30. The molecule has 1 amide bonds. The highest BCUT2D eigenvalue weighted by molar-refractivity contribution is 5.98. The molecule has 0 saturated carbocycles. The number of carbonyl (C=O) groups is 1. The zero-order chi connectivity index (χ0) is 11.5. The number of fused-ring (bicyclic) bond motifs is 1. The average Bonchev–Trinajstić information content (AvgIpc) is 2.50. The van der Waals surface area contributed by atoms with Gasteiger partial charge in [-0.05, 0) is 25.5 Å². The number of ether oxygens (including phenoxy) is 1. The third-order valence-corrected chi connectivity index (χ3v) is 2.60. The van der Waals surface area contributed by atoms with Crippen LogP contribution in [0, 0.1) is 0 Å². The standard InChI is InChI=1S/C12H16N2O2/c1-9(13)12(15)14-7-4-8-16-11-6-3-2-5-10(11)14/h2-3,5-6,9H,4,7-8,13H2,1H3/t9-/m1/s1. The Morgan fingerprint density at radius 2 is 2.25 bits per heavy atom. The third-order valence-electron chi connectivity index (χ3n) is 2.60. The Balaban J connectivity index is 2.36. The second-order valence-electron chi connectivity index (χ2n) is 3.95. The van der Waals surface area contributed by atoms with Crippen LogP contribution in [0.2, 0.25) is 0 Å². The predicted molar refractivity (Wildman–Crippen MR) is 62.6 cm³/mol. The average molecular weight is 220 g/mol. The molecule has 4 heteroatoms. The van der Waals surface area contributed by atoms with E-state index in [1.807, 2.05) is 24.3 Å². The Morgan fingerprint density at radius 3 is 3.00 bits per heavy atom. The van der Waals surface area contributed by atoms with Gasteiger partial charge in [-0.15, -0.1) is 0 Å². The van der Waals surface area contributed by atoms with E-state index < -0.39 is 6.04 Å². The molecule has 1 aromatic rings. The molecule has 1 aliphatic rings. The van der Waals surface area contributed by atoms with Crippen LogP contribution in [-0.4, -0.2) is 25.1 Å². The summed E-state index contributed by atoms with van der Waals surface area (Å²) in [6, 6.07) is 7.09. The zero-order valence-electron chi connectivity index (χ0n) is 9.35. The van der Waals surface area contributed by atoms with E-state index in [0.29, 0.717) is 13.2 Å². The molecule has 0 spiro atoms. The quantitative estimate of drug-likeness (QED) is 0.772. The molecule has 1 atom stereocenters. The van der Waals surface area contributed by atoms with Gasteiger partial charge < -0.3 is 15.4 Å². The molecule has 0 aliphatic carbocycles. The second kappa shape index (κ2) is 4.53. The van der Waals surface area contributed by atoms with E-state index in [2.05, 4.69) is 0 Å². The summed E-state index contributed by atoms with van der Waals surface area (Å²) in [4.78, 5) is 13.7. The van der Waals surface area contributed by atoms with E-state index in [1.165, 1.54) is 0 Å². The highest BCUT2D eigenvalue weighted by Gasteiger charge is 2.23. The number of rotatable bonds is 1. The van der Waals surface area contributed by atoms with E-state index in [-0.39, 0.29) is 5.91 Å². The maximum absolute atomic E-state index is 12.0. The van der Waals surface area contributed by atoms with Gasteiger partial charge in [0.2, 0.25) is 5.91 Å². The maximum atomic E-state index is 12.0. The van der Waals surface area contributed by atoms with Crippen molar-refractivity contribution in [3.63, 3.8) is 0 Å². The molecule has 1 aromatic carbocycles. The van der Waals surface area contributed by atoms with Crippen molar-refractivity contribution >= 4 is 11.6 Å². The highest BCUT2D eigenvalue weighted by atomic mass is 16.5. The van der Waals surface area contributed by atoms with Crippen molar-refractivity contribution in [1.29, 1.82) is 0 Å². The zero-order valence-corrected chi connectivity index (χ0v) is 9.35. The Bertz CT molecular complexity index is 390. The molecule has 16 heavy (non-hydrogen) atoms. The number of nitrogens with two attached hydrogens (primary N) is 1. The molecule has 4 nitrogen and oxygen atoms in total. The smallest absolute Gasteiger partial charge is 0.243 e. The van der Waals surface area contributed by atoms with Crippen LogP contribution >= 0.6 is 0 Å². The van der Waals surface area contributed by atoms with Gasteiger partial charge in [0, 0.05) is 6.54 Å². The second-order valence-corrected chi connectivity index (χ2v) is 3.95. The number of amides is 1. The summed E-state index contributed by atoms with van der Waals surface area (Å²) in [5.41, 5.74) is 6.46. The normalized spacial score (nSPS) is 17.0. The number of anilines is 1. The minimum atomic E-state index is -0.480. The Hall–Kier alpha value is -1.55. The fourth-order valence-electron chi connectivity index (χ4n) is 1.80. The monoisotopic (exact) mass is 220 g/mol. The Kier molecular flexibility index (Phi) is 3.10. The van der Waals surface area contributed by atoms with Crippen molar-refractivity contribution in [2.24, 2.45) is 5.73 Å². The molecule has 0 fully saturated rings. The van der Waals surface area contributed by atoms with Gasteiger partial charge in [-0.1, -0.05) is 12.1 Å². The third kappa shape index (κ3) is 2.02. The SMILES string of the molecule is C[C@@H](N)C(=O)N1CCCOc2ccccc21. The van der Waals surface area contributed by atoms with Crippen LogP contribution in [0.4, 0.5) is 5.69 Å². The van der Waals surface area contributed by atoms with Gasteiger partial charge in [-0.2, -0.15) is 0 Å². The van der Waals surface area contributed by atoms with Gasteiger partial charge in [0.25, 0.3) is 0 Å². The van der Waals surface area contributed by atoms with Crippen LogP contribution in [-0.2, 0) is 4.79 Å². The molecule has 2 rings (SSSR count). The molecule has 0 saturated heterocycles. The van der Waals surface area contributed by atoms with E-state index in [4.69, 9.17) is 10.5 Å². The first-order valence-corrected chi connectivity index (χ1v) is 5.49. The predicted octanol–water partition coefficient (Wildman–Crippen LogP) is 1.15. The summed E-state index contributed by atoms with van der Waals surface area (Å²) in [5, 5.41) is 0. The lowest BCUT2D eigenvalue weighted by Gasteiger charge is -2.23. The Morgan fingerprint density at radius 1 is 1.50 bits per heavy atom. The minimum Gasteiger partial charge on any atom is -0.491 e. The fraction of sp³-hybridized carbons (Fsp3) is 0.417. The summed E-state index contributed by atoms with van der Waals surface area (Å²) < 4.78 is 5.57. The number of para-hydroxylation sites is 2. The van der Waals surface area contributed by atoms with E-state index in [9.17, 15) is 4.79 Å². The molecule has 0 unspecified atom stereocenters. The van der Waals surface area contributed by atoms with Crippen molar-refractivity contribution < 1.29 is 9.53 Å². The molecule has 1 aliphatic heterocycles. The number of carbonyl (C=O) groups excluding carboxylic acids is 1. The van der Waals surface area contributed by atoms with Crippen LogP contribution in [0.25, 0.3) is 0 Å². The summed E-state index contributed by atoms with van der Waals surface area (Å²) >= 11 is 0. The molecular weight excluding hydrogens is 204 g/mol. The molecule has 0 radical (unpaired) electrons. The molecular formula is C12H16N2O2. The minimum absolute atomic E-state index is 0.0575. The first-order valence-electron chi connectivity index (χ1n) is 5.49. The van der Waals surface area contributed by atoms with Gasteiger partial charge >= 0.3 is 0 Å². The lowest BCUT2D eigenvalue weighted by Crippen LogP contribution is -2.42. The van der Waals surface area contributed by atoms with Gasteiger partial charge in [-0.3, -0.25) is 4.79 Å². The van der Waals surface area contributed by atoms with Crippen molar-refractivity contribution in [1.82, 2.24) is 0 Å². The van der Waals surface area contributed by atoms with Gasteiger partial charge in [0.1, 0.15) is 5.75 Å². The molecule has 2 N–H and O–H groups in total. The van der Waals surface area contributed by atoms with E-state index >= 15 is 0 Å².